The van der Waals surface area contributed by atoms with Crippen molar-refractivity contribution in [1.82, 2.24) is 20.2 Å². The molecule has 24 heavy (non-hydrogen) atoms. The second kappa shape index (κ2) is 8.26. The van der Waals surface area contributed by atoms with Gasteiger partial charge in [0.05, 0.1) is 18.1 Å². The minimum absolute atomic E-state index is 0.283. The van der Waals surface area contributed by atoms with Crippen LogP contribution >= 0.6 is 0 Å². The Hall–Kier alpha value is -2.67. The molecule has 2 amide bonds. The molecule has 1 heterocycles. The molecule has 0 saturated heterocycles. The molecule has 2 N–H and O–H groups in total. The van der Waals surface area contributed by atoms with Crippen molar-refractivity contribution in [2.75, 3.05) is 38.4 Å². The number of hydrogen-bond acceptors (Lipinski definition) is 5. The zero-order valence-corrected chi connectivity index (χ0v) is 14.6. The number of amides is 2. The molecule has 7 nitrogen and oxygen atoms in total. The number of nitrogens with zero attached hydrogens (tertiary/aromatic N) is 4. The van der Waals surface area contributed by atoms with E-state index in [4.69, 9.17) is 0 Å². The van der Waals surface area contributed by atoms with E-state index in [1.165, 1.54) is 5.56 Å². The SMILES string of the molecule is CN(C)Cc1cccc(CNC(=O)Nc2cnc(N(C)C)nc2)c1. The maximum Gasteiger partial charge on any atom is 0.319 e. The van der Waals surface area contributed by atoms with E-state index < -0.39 is 0 Å². The summed E-state index contributed by atoms with van der Waals surface area (Å²) in [7, 11) is 7.78. The zero-order valence-electron chi connectivity index (χ0n) is 14.6. The molecule has 0 unspecified atom stereocenters. The lowest BCUT2D eigenvalue weighted by Gasteiger charge is -2.12. The van der Waals surface area contributed by atoms with Crippen LogP contribution in [0.5, 0.6) is 0 Å². The third-order valence-corrected chi connectivity index (χ3v) is 3.24. The van der Waals surface area contributed by atoms with Crippen LogP contribution in [0.15, 0.2) is 36.7 Å². The summed E-state index contributed by atoms with van der Waals surface area (Å²) in [5.74, 6) is 0.596. The Labute approximate surface area is 142 Å². The van der Waals surface area contributed by atoms with Gasteiger partial charge in [-0.05, 0) is 25.2 Å². The summed E-state index contributed by atoms with van der Waals surface area (Å²) < 4.78 is 0. The Morgan fingerprint density at radius 1 is 1.08 bits per heavy atom. The van der Waals surface area contributed by atoms with Crippen molar-refractivity contribution < 1.29 is 4.79 Å². The minimum Gasteiger partial charge on any atom is -0.347 e. The molecular formula is C17H24N6O. The normalized spacial score (nSPS) is 10.5. The van der Waals surface area contributed by atoms with Crippen LogP contribution in [0.4, 0.5) is 16.4 Å². The van der Waals surface area contributed by atoms with E-state index in [0.29, 0.717) is 18.2 Å². The third kappa shape index (κ3) is 5.51. The van der Waals surface area contributed by atoms with Crippen molar-refractivity contribution in [1.29, 1.82) is 0 Å². The highest BCUT2D eigenvalue weighted by molar-refractivity contribution is 5.88. The van der Waals surface area contributed by atoms with Gasteiger partial charge in [-0.2, -0.15) is 0 Å². The van der Waals surface area contributed by atoms with Crippen LogP contribution in [-0.4, -0.2) is 49.1 Å². The summed E-state index contributed by atoms with van der Waals surface area (Å²) in [6, 6.07) is 7.88. The van der Waals surface area contributed by atoms with Crippen LogP contribution in [-0.2, 0) is 13.1 Å². The van der Waals surface area contributed by atoms with E-state index in [2.05, 4.69) is 37.6 Å². The van der Waals surface area contributed by atoms with Gasteiger partial charge in [0, 0.05) is 27.2 Å². The summed E-state index contributed by atoms with van der Waals surface area (Å²) in [6.07, 6.45) is 3.17. The molecule has 0 saturated carbocycles. The van der Waals surface area contributed by atoms with Crippen LogP contribution < -0.4 is 15.5 Å². The molecule has 0 fully saturated rings. The first-order valence-electron chi connectivity index (χ1n) is 7.71. The van der Waals surface area contributed by atoms with E-state index in [-0.39, 0.29) is 6.03 Å². The standard InChI is InChI=1S/C17H24N6O/c1-22(2)12-14-7-5-6-13(8-14)9-20-17(24)21-15-10-18-16(19-11-15)23(3)4/h5-8,10-11H,9,12H2,1-4H3,(H2,20,21,24). The first kappa shape index (κ1) is 17.7. The van der Waals surface area contributed by atoms with E-state index in [1.807, 2.05) is 40.3 Å². The summed E-state index contributed by atoms with van der Waals surface area (Å²) >= 11 is 0. The van der Waals surface area contributed by atoms with Gasteiger partial charge in [-0.1, -0.05) is 24.3 Å². The number of urea groups is 1. The second-order valence-corrected chi connectivity index (χ2v) is 6.03. The van der Waals surface area contributed by atoms with Crippen molar-refractivity contribution in [2.24, 2.45) is 0 Å². The Morgan fingerprint density at radius 3 is 2.38 bits per heavy atom. The van der Waals surface area contributed by atoms with Crippen molar-refractivity contribution in [3.05, 3.63) is 47.8 Å². The number of aromatic nitrogens is 2. The number of hydrogen-bond donors (Lipinski definition) is 2. The molecule has 2 aromatic rings. The second-order valence-electron chi connectivity index (χ2n) is 6.03. The van der Waals surface area contributed by atoms with Crippen molar-refractivity contribution in [3.8, 4) is 0 Å². The highest BCUT2D eigenvalue weighted by Crippen LogP contribution is 2.09. The highest BCUT2D eigenvalue weighted by atomic mass is 16.2. The molecule has 1 aromatic heterocycles. The number of rotatable bonds is 6. The number of benzene rings is 1. The van der Waals surface area contributed by atoms with Crippen molar-refractivity contribution in [2.45, 2.75) is 13.1 Å². The van der Waals surface area contributed by atoms with Gasteiger partial charge in [-0.25, -0.2) is 14.8 Å². The Kier molecular flexibility index (Phi) is 6.08. The largest absolute Gasteiger partial charge is 0.347 e. The fraction of sp³-hybridized carbons (Fsp3) is 0.353. The molecule has 7 heteroatoms. The summed E-state index contributed by atoms with van der Waals surface area (Å²) in [5.41, 5.74) is 2.83. The van der Waals surface area contributed by atoms with Gasteiger partial charge in [-0.3, -0.25) is 0 Å². The first-order chi connectivity index (χ1) is 11.4. The monoisotopic (exact) mass is 328 g/mol. The first-order valence-corrected chi connectivity index (χ1v) is 7.71. The van der Waals surface area contributed by atoms with Crippen LogP contribution in [0.25, 0.3) is 0 Å². The lowest BCUT2D eigenvalue weighted by Crippen LogP contribution is -2.28. The average Bonchev–Trinajstić information content (AvgIpc) is 2.53. The molecule has 0 radical (unpaired) electrons. The maximum atomic E-state index is 12.0. The fourth-order valence-corrected chi connectivity index (χ4v) is 2.18. The molecule has 0 bridgehead atoms. The van der Waals surface area contributed by atoms with Gasteiger partial charge >= 0.3 is 6.03 Å². The smallest absolute Gasteiger partial charge is 0.319 e. The van der Waals surface area contributed by atoms with Gasteiger partial charge in [0.1, 0.15) is 0 Å². The van der Waals surface area contributed by atoms with E-state index in [9.17, 15) is 4.79 Å². The molecule has 1 aromatic carbocycles. The molecule has 0 aliphatic rings. The van der Waals surface area contributed by atoms with Gasteiger partial charge in [0.2, 0.25) is 5.95 Å². The van der Waals surface area contributed by atoms with E-state index in [0.717, 1.165) is 12.1 Å². The molecule has 0 atom stereocenters. The van der Waals surface area contributed by atoms with Crippen LogP contribution in [0, 0.1) is 0 Å². The summed E-state index contributed by atoms with van der Waals surface area (Å²) in [5, 5.41) is 5.56. The predicted molar refractivity (Wildman–Crippen MR) is 96.1 cm³/mol. The Balaban J connectivity index is 1.86. The van der Waals surface area contributed by atoms with Crippen molar-refractivity contribution in [3.63, 3.8) is 0 Å². The lowest BCUT2D eigenvalue weighted by molar-refractivity contribution is 0.251. The summed E-state index contributed by atoms with van der Waals surface area (Å²) in [6.45, 7) is 1.33. The number of anilines is 2. The maximum absolute atomic E-state index is 12.0. The molecular weight excluding hydrogens is 304 g/mol. The molecule has 2 rings (SSSR count). The Bertz CT molecular complexity index is 669. The Morgan fingerprint density at radius 2 is 1.75 bits per heavy atom. The third-order valence-electron chi connectivity index (χ3n) is 3.24. The lowest BCUT2D eigenvalue weighted by atomic mass is 10.1. The van der Waals surface area contributed by atoms with Crippen LogP contribution in [0.2, 0.25) is 0 Å². The molecule has 128 valence electrons. The number of carbonyl (C=O) groups excluding carboxylic acids is 1. The van der Waals surface area contributed by atoms with Gasteiger partial charge < -0.3 is 20.4 Å². The van der Waals surface area contributed by atoms with Gasteiger partial charge in [-0.15, -0.1) is 0 Å². The van der Waals surface area contributed by atoms with E-state index >= 15 is 0 Å². The number of nitrogens with one attached hydrogen (secondary N) is 2. The molecule has 0 aliphatic heterocycles. The van der Waals surface area contributed by atoms with Gasteiger partial charge in [0.25, 0.3) is 0 Å². The topological polar surface area (TPSA) is 73.4 Å². The fourth-order valence-electron chi connectivity index (χ4n) is 2.18. The highest BCUT2D eigenvalue weighted by Gasteiger charge is 2.05. The van der Waals surface area contributed by atoms with Crippen LogP contribution in [0.3, 0.4) is 0 Å². The summed E-state index contributed by atoms with van der Waals surface area (Å²) in [4.78, 5) is 24.2. The minimum atomic E-state index is -0.283. The quantitative estimate of drug-likeness (QED) is 0.847. The van der Waals surface area contributed by atoms with Crippen LogP contribution in [0.1, 0.15) is 11.1 Å². The zero-order chi connectivity index (χ0) is 17.5. The number of carbonyl (C=O) groups is 1. The van der Waals surface area contributed by atoms with Gasteiger partial charge in [0.15, 0.2) is 0 Å². The molecule has 0 spiro atoms. The molecule has 0 aliphatic carbocycles. The average molecular weight is 328 g/mol. The van der Waals surface area contributed by atoms with Crippen molar-refractivity contribution >= 4 is 17.7 Å². The van der Waals surface area contributed by atoms with E-state index in [1.54, 1.807) is 17.3 Å². The predicted octanol–water partition coefficient (Wildman–Crippen LogP) is 1.93.